The average molecular weight is 466 g/mol. The van der Waals surface area contributed by atoms with Crippen molar-refractivity contribution in [1.82, 2.24) is 29.9 Å². The van der Waals surface area contributed by atoms with Crippen LogP contribution in [0, 0.1) is 0 Å². The van der Waals surface area contributed by atoms with Crippen LogP contribution in [0.2, 0.25) is 0 Å². The summed E-state index contributed by atoms with van der Waals surface area (Å²) in [6.07, 6.45) is 7.02. The molecule has 2 aliphatic heterocycles. The molecule has 2 radical (unpaired) electrons. The Morgan fingerprint density at radius 1 is 0.389 bits per heavy atom. The highest BCUT2D eigenvalue weighted by Gasteiger charge is 2.41. The number of rotatable bonds is 4. The number of anilines is 8. The van der Waals surface area contributed by atoms with E-state index in [4.69, 9.17) is 9.97 Å². The van der Waals surface area contributed by atoms with E-state index in [0.29, 0.717) is 23.3 Å². The lowest BCUT2D eigenvalue weighted by molar-refractivity contribution is 1.11. The van der Waals surface area contributed by atoms with Gasteiger partial charge in [-0.2, -0.15) is 0 Å². The number of pyridine rings is 4. The Morgan fingerprint density at radius 3 is 0.889 bits per heavy atom. The molecule has 0 fully saturated rings. The molecular formula is C24H16B2N10. The molecule has 0 amide bonds. The normalized spacial score (nSPS) is 13.8. The minimum Gasteiger partial charge on any atom is -0.334 e. The zero-order valence-corrected chi connectivity index (χ0v) is 18.9. The second-order valence-corrected chi connectivity index (χ2v) is 7.98. The highest BCUT2D eigenvalue weighted by atomic mass is 15.4. The lowest BCUT2D eigenvalue weighted by Gasteiger charge is -2.18. The van der Waals surface area contributed by atoms with E-state index < -0.39 is 0 Å². The first-order valence-electron chi connectivity index (χ1n) is 11.3. The van der Waals surface area contributed by atoms with Crippen molar-refractivity contribution in [3.63, 3.8) is 0 Å². The first-order chi connectivity index (χ1) is 17.9. The predicted octanol–water partition coefficient (Wildman–Crippen LogP) is 3.70. The van der Waals surface area contributed by atoms with Crippen molar-refractivity contribution in [2.24, 2.45) is 0 Å². The minimum absolute atomic E-state index is 0.635. The van der Waals surface area contributed by atoms with Crippen molar-refractivity contribution in [3.05, 3.63) is 97.6 Å². The molecule has 0 atom stereocenters. The lowest BCUT2D eigenvalue weighted by atomic mass is 10.1. The van der Waals surface area contributed by atoms with Gasteiger partial charge in [-0.05, 0) is 48.5 Å². The van der Waals surface area contributed by atoms with E-state index >= 15 is 0 Å². The molecule has 7 rings (SSSR count). The van der Waals surface area contributed by atoms with Gasteiger partial charge in [-0.1, -0.05) is 24.3 Å². The molecule has 0 bridgehead atoms. The van der Waals surface area contributed by atoms with Gasteiger partial charge in [-0.25, -0.2) is 29.9 Å². The molecular weight excluding hydrogens is 450 g/mol. The lowest BCUT2D eigenvalue weighted by Crippen LogP contribution is -2.31. The SMILES string of the molecule is [B]1N(c2ccccn2)c2nc3c(nc2N1c1ccccn1)N(c1ccccn1)[B]N3c1ccccn1. The molecule has 0 saturated heterocycles. The van der Waals surface area contributed by atoms with E-state index in [-0.39, 0.29) is 0 Å². The number of hydrogen-bond acceptors (Lipinski definition) is 10. The maximum absolute atomic E-state index is 5.11. The third-order valence-corrected chi connectivity index (χ3v) is 5.78. The van der Waals surface area contributed by atoms with Crippen molar-refractivity contribution < 1.29 is 0 Å². The first kappa shape index (κ1) is 20.4. The van der Waals surface area contributed by atoms with E-state index in [0.717, 1.165) is 23.3 Å². The molecule has 0 aromatic carbocycles. The molecule has 2 aliphatic rings. The fourth-order valence-electron chi connectivity index (χ4n) is 4.15. The van der Waals surface area contributed by atoms with Gasteiger partial charge in [0.1, 0.15) is 23.3 Å². The van der Waals surface area contributed by atoms with Crippen molar-refractivity contribution in [1.29, 1.82) is 0 Å². The van der Waals surface area contributed by atoms with Crippen LogP contribution in [0.5, 0.6) is 0 Å². The molecule has 36 heavy (non-hydrogen) atoms. The Balaban J connectivity index is 1.43. The summed E-state index contributed by atoms with van der Waals surface area (Å²) in [6.45, 7) is 0. The largest absolute Gasteiger partial charge is 0.406 e. The van der Waals surface area contributed by atoms with Crippen LogP contribution < -0.4 is 19.2 Å². The van der Waals surface area contributed by atoms with Gasteiger partial charge in [0.05, 0.1) is 0 Å². The van der Waals surface area contributed by atoms with Gasteiger partial charge in [0.15, 0.2) is 23.3 Å². The maximum Gasteiger partial charge on any atom is 0.406 e. The van der Waals surface area contributed by atoms with Crippen LogP contribution in [0.1, 0.15) is 0 Å². The van der Waals surface area contributed by atoms with E-state index in [9.17, 15) is 0 Å². The van der Waals surface area contributed by atoms with Gasteiger partial charge < -0.3 is 19.2 Å². The third kappa shape index (κ3) is 3.30. The van der Waals surface area contributed by atoms with E-state index in [2.05, 4.69) is 19.9 Å². The third-order valence-electron chi connectivity index (χ3n) is 5.78. The first-order valence-corrected chi connectivity index (χ1v) is 11.3. The zero-order chi connectivity index (χ0) is 23.9. The summed E-state index contributed by atoms with van der Waals surface area (Å²) >= 11 is 0. The topological polar surface area (TPSA) is 90.3 Å². The number of fused-ring (bicyclic) bond motifs is 2. The molecule has 0 spiro atoms. The van der Waals surface area contributed by atoms with Gasteiger partial charge in [-0.3, -0.25) is 0 Å². The molecule has 0 saturated carbocycles. The quantitative estimate of drug-likeness (QED) is 0.366. The average Bonchev–Trinajstić information content (AvgIpc) is 3.52. The number of nitrogens with zero attached hydrogens (tertiary/aromatic N) is 10. The highest BCUT2D eigenvalue weighted by Crippen LogP contribution is 2.47. The summed E-state index contributed by atoms with van der Waals surface area (Å²) in [4.78, 5) is 36.1. The van der Waals surface area contributed by atoms with Crippen LogP contribution in [0.4, 0.5) is 46.5 Å². The summed E-state index contributed by atoms with van der Waals surface area (Å²) in [6, 6.07) is 23.0. The van der Waals surface area contributed by atoms with Gasteiger partial charge in [0.25, 0.3) is 0 Å². The standard InChI is InChI=1S/C24H16B2N10/c1-5-13-27-17(9-1)33-21-22(34(25-33)18-10-2-6-14-28-18)32-24-23(31-21)35(19-11-3-7-15-29-19)26-36(24)20-12-4-8-16-30-20/h1-16H. The monoisotopic (exact) mass is 466 g/mol. The zero-order valence-electron chi connectivity index (χ0n) is 18.9. The van der Waals surface area contributed by atoms with Crippen molar-refractivity contribution in [2.45, 2.75) is 0 Å². The molecule has 0 aliphatic carbocycles. The van der Waals surface area contributed by atoms with Crippen molar-refractivity contribution >= 4 is 61.6 Å². The molecule has 10 nitrogen and oxygen atoms in total. The van der Waals surface area contributed by atoms with E-state index in [1.165, 1.54) is 0 Å². The molecule has 168 valence electrons. The van der Waals surface area contributed by atoms with Gasteiger partial charge in [0, 0.05) is 24.8 Å². The van der Waals surface area contributed by atoms with Crippen LogP contribution in [0.15, 0.2) is 97.6 Å². The maximum atomic E-state index is 5.11. The number of aromatic nitrogens is 6. The second-order valence-electron chi connectivity index (χ2n) is 7.98. The van der Waals surface area contributed by atoms with Crippen LogP contribution >= 0.6 is 0 Å². The summed E-state index contributed by atoms with van der Waals surface area (Å²) in [5.74, 6) is 5.42. The second kappa shape index (κ2) is 8.35. The number of hydrogen-bond donors (Lipinski definition) is 0. The van der Waals surface area contributed by atoms with Crippen LogP contribution in [0.3, 0.4) is 0 Å². The van der Waals surface area contributed by atoms with Crippen LogP contribution in [-0.2, 0) is 0 Å². The molecule has 12 heteroatoms. The Morgan fingerprint density at radius 2 is 0.667 bits per heavy atom. The molecule has 7 heterocycles. The van der Waals surface area contributed by atoms with Gasteiger partial charge in [-0.15, -0.1) is 0 Å². The van der Waals surface area contributed by atoms with E-state index in [1.807, 2.05) is 107 Å². The Bertz CT molecular complexity index is 1280. The Labute approximate surface area is 208 Å². The molecule has 0 unspecified atom stereocenters. The van der Waals surface area contributed by atoms with Crippen LogP contribution in [-0.4, -0.2) is 45.0 Å². The minimum atomic E-state index is 0.635. The fraction of sp³-hybridized carbons (Fsp3) is 0. The van der Waals surface area contributed by atoms with Crippen LogP contribution in [0.25, 0.3) is 0 Å². The Kier molecular flexibility index (Phi) is 4.73. The smallest absolute Gasteiger partial charge is 0.334 e. The molecule has 5 aromatic heterocycles. The van der Waals surface area contributed by atoms with Gasteiger partial charge >= 0.3 is 15.1 Å². The highest BCUT2D eigenvalue weighted by molar-refractivity contribution is 6.56. The summed E-state index contributed by atoms with van der Waals surface area (Å²) in [5, 5.41) is 0. The predicted molar refractivity (Wildman–Crippen MR) is 139 cm³/mol. The summed E-state index contributed by atoms with van der Waals surface area (Å²) < 4.78 is 0. The summed E-state index contributed by atoms with van der Waals surface area (Å²) in [7, 11) is 3.81. The van der Waals surface area contributed by atoms with Gasteiger partial charge in [0.2, 0.25) is 0 Å². The summed E-state index contributed by atoms with van der Waals surface area (Å²) in [5.41, 5.74) is 0. The fourth-order valence-corrected chi connectivity index (χ4v) is 4.15. The van der Waals surface area contributed by atoms with Crippen molar-refractivity contribution in [2.75, 3.05) is 19.2 Å². The Hall–Kier alpha value is -4.99. The molecule has 0 N–H and O–H groups in total. The van der Waals surface area contributed by atoms with E-state index in [1.54, 1.807) is 24.8 Å². The molecule has 5 aromatic rings. The van der Waals surface area contributed by atoms with Crippen molar-refractivity contribution in [3.8, 4) is 0 Å².